The maximum Gasteiger partial charge on any atom is 0.323 e. The highest BCUT2D eigenvalue weighted by molar-refractivity contribution is 6.04. The van der Waals surface area contributed by atoms with Crippen LogP contribution in [-0.2, 0) is 4.74 Å². The average molecular weight is 456 g/mol. The van der Waals surface area contributed by atoms with Crippen molar-refractivity contribution in [2.75, 3.05) is 48.4 Å². The number of carbonyl (C=O) groups is 2. The Morgan fingerprint density at radius 2 is 1.73 bits per heavy atom. The number of benzene rings is 2. The largest absolute Gasteiger partial charge is 0.382 e. The number of urea groups is 1. The predicted octanol–water partition coefficient (Wildman–Crippen LogP) is 4.00. The fourth-order valence-electron chi connectivity index (χ4n) is 3.61. The normalized spacial score (nSPS) is 12.9. The molecule has 0 spiro atoms. The SMILES string of the molecule is CCOCCCNC(=O)c1cc(NC(=O)Nc2ccc([N+](=O)[O-])cc2)ccc1N1CCCC1. The lowest BCUT2D eigenvalue weighted by molar-refractivity contribution is -0.384. The summed E-state index contributed by atoms with van der Waals surface area (Å²) in [6.45, 7) is 5.42. The number of nitrogens with zero attached hydrogens (tertiary/aromatic N) is 2. The van der Waals surface area contributed by atoms with Crippen LogP contribution < -0.4 is 20.9 Å². The first-order valence-electron chi connectivity index (χ1n) is 11.1. The summed E-state index contributed by atoms with van der Waals surface area (Å²) >= 11 is 0. The van der Waals surface area contributed by atoms with E-state index in [0.717, 1.165) is 31.6 Å². The zero-order valence-electron chi connectivity index (χ0n) is 18.6. The van der Waals surface area contributed by atoms with Gasteiger partial charge in [-0.1, -0.05) is 0 Å². The molecule has 0 atom stereocenters. The highest BCUT2D eigenvalue weighted by Gasteiger charge is 2.20. The van der Waals surface area contributed by atoms with Gasteiger partial charge in [0.25, 0.3) is 11.6 Å². The summed E-state index contributed by atoms with van der Waals surface area (Å²) < 4.78 is 5.31. The van der Waals surface area contributed by atoms with Crippen molar-refractivity contribution in [1.82, 2.24) is 5.32 Å². The van der Waals surface area contributed by atoms with Crippen molar-refractivity contribution in [3.05, 3.63) is 58.1 Å². The standard InChI is InChI=1S/C23H29N5O5/c1-2-33-15-5-12-24-22(29)20-16-18(8-11-21(20)27-13-3-4-14-27)26-23(30)25-17-6-9-19(10-7-17)28(31)32/h6-11,16H,2-5,12-15H2,1H3,(H,24,29)(H2,25,26,30). The molecule has 33 heavy (non-hydrogen) atoms. The first-order valence-corrected chi connectivity index (χ1v) is 11.1. The molecule has 3 rings (SSSR count). The Bertz CT molecular complexity index is 974. The number of rotatable bonds is 10. The first kappa shape index (κ1) is 24.0. The van der Waals surface area contributed by atoms with E-state index in [1.54, 1.807) is 12.1 Å². The maximum atomic E-state index is 12.9. The topological polar surface area (TPSA) is 126 Å². The summed E-state index contributed by atoms with van der Waals surface area (Å²) in [6.07, 6.45) is 2.87. The van der Waals surface area contributed by atoms with Crippen molar-refractivity contribution < 1.29 is 19.2 Å². The lowest BCUT2D eigenvalue weighted by Crippen LogP contribution is -2.29. The van der Waals surface area contributed by atoms with E-state index in [4.69, 9.17) is 4.74 Å². The molecule has 1 aliphatic rings. The third-order valence-electron chi connectivity index (χ3n) is 5.24. The van der Waals surface area contributed by atoms with Gasteiger partial charge in [0.15, 0.2) is 0 Å². The quantitative estimate of drug-likeness (QED) is 0.282. The molecule has 0 unspecified atom stereocenters. The molecule has 1 heterocycles. The lowest BCUT2D eigenvalue weighted by Gasteiger charge is -2.22. The number of non-ortho nitro benzene ring substituents is 1. The molecule has 10 heteroatoms. The second kappa shape index (κ2) is 11.8. The average Bonchev–Trinajstić information content (AvgIpc) is 3.34. The van der Waals surface area contributed by atoms with Gasteiger partial charge in [-0.3, -0.25) is 14.9 Å². The Hall–Kier alpha value is -3.66. The minimum atomic E-state index is -0.513. The summed E-state index contributed by atoms with van der Waals surface area (Å²) in [5, 5.41) is 19.0. The zero-order valence-corrected chi connectivity index (χ0v) is 18.6. The summed E-state index contributed by atoms with van der Waals surface area (Å²) in [5.74, 6) is -0.201. The highest BCUT2D eigenvalue weighted by Crippen LogP contribution is 2.28. The van der Waals surface area contributed by atoms with Crippen molar-refractivity contribution in [2.24, 2.45) is 0 Å². The number of nitrogens with one attached hydrogen (secondary N) is 3. The second-order valence-corrected chi connectivity index (χ2v) is 7.62. The minimum absolute atomic E-state index is 0.0598. The number of carbonyl (C=O) groups excluding carboxylic acids is 2. The number of nitro benzene ring substituents is 1. The van der Waals surface area contributed by atoms with Gasteiger partial charge in [0.1, 0.15) is 0 Å². The van der Waals surface area contributed by atoms with Gasteiger partial charge in [-0.25, -0.2) is 4.79 Å². The van der Waals surface area contributed by atoms with Crippen LogP contribution in [0.5, 0.6) is 0 Å². The number of nitro groups is 1. The summed E-state index contributed by atoms with van der Waals surface area (Å²) in [6, 6.07) is 10.3. The van der Waals surface area contributed by atoms with Crippen molar-refractivity contribution in [3.63, 3.8) is 0 Å². The first-order chi connectivity index (χ1) is 16.0. The van der Waals surface area contributed by atoms with E-state index in [1.807, 2.05) is 13.0 Å². The third-order valence-corrected chi connectivity index (χ3v) is 5.24. The van der Waals surface area contributed by atoms with E-state index >= 15 is 0 Å². The molecule has 1 aliphatic heterocycles. The lowest BCUT2D eigenvalue weighted by atomic mass is 10.1. The number of hydrogen-bond donors (Lipinski definition) is 3. The van der Waals surface area contributed by atoms with Crippen molar-refractivity contribution >= 4 is 34.7 Å². The van der Waals surface area contributed by atoms with E-state index in [1.165, 1.54) is 24.3 Å². The molecule has 3 amide bonds. The van der Waals surface area contributed by atoms with Crippen LogP contribution >= 0.6 is 0 Å². The minimum Gasteiger partial charge on any atom is -0.382 e. The smallest absolute Gasteiger partial charge is 0.323 e. The van der Waals surface area contributed by atoms with E-state index in [9.17, 15) is 19.7 Å². The molecule has 0 bridgehead atoms. The molecule has 0 aliphatic carbocycles. The summed E-state index contributed by atoms with van der Waals surface area (Å²) in [7, 11) is 0. The number of hydrogen-bond acceptors (Lipinski definition) is 6. The van der Waals surface area contributed by atoms with Crippen LogP contribution in [-0.4, -0.2) is 49.7 Å². The molecule has 10 nitrogen and oxygen atoms in total. The van der Waals surface area contributed by atoms with Gasteiger partial charge < -0.3 is 25.6 Å². The van der Waals surface area contributed by atoms with Crippen LogP contribution in [0.25, 0.3) is 0 Å². The Morgan fingerprint density at radius 3 is 2.39 bits per heavy atom. The van der Waals surface area contributed by atoms with Gasteiger partial charge in [0.2, 0.25) is 0 Å². The van der Waals surface area contributed by atoms with E-state index in [2.05, 4.69) is 20.9 Å². The van der Waals surface area contributed by atoms with Crippen molar-refractivity contribution in [2.45, 2.75) is 26.2 Å². The zero-order chi connectivity index (χ0) is 23.6. The predicted molar refractivity (Wildman–Crippen MR) is 127 cm³/mol. The van der Waals surface area contributed by atoms with Crippen molar-refractivity contribution in [1.29, 1.82) is 0 Å². The number of anilines is 3. The van der Waals surface area contributed by atoms with Gasteiger partial charge in [-0.05, 0) is 56.5 Å². The summed E-state index contributed by atoms with van der Waals surface area (Å²) in [5.41, 5.74) is 2.17. The van der Waals surface area contributed by atoms with Gasteiger partial charge in [-0.15, -0.1) is 0 Å². The molecule has 176 valence electrons. The molecule has 1 fully saturated rings. The van der Waals surface area contributed by atoms with Gasteiger partial charge in [0.05, 0.1) is 10.5 Å². The van der Waals surface area contributed by atoms with Crippen LogP contribution in [0.15, 0.2) is 42.5 Å². The van der Waals surface area contributed by atoms with E-state index in [0.29, 0.717) is 43.1 Å². The molecule has 0 aromatic heterocycles. The number of ether oxygens (including phenoxy) is 1. The fraction of sp³-hybridized carbons (Fsp3) is 0.391. The number of amides is 3. The Kier molecular flexibility index (Phi) is 8.59. The Morgan fingerprint density at radius 1 is 1.06 bits per heavy atom. The van der Waals surface area contributed by atoms with Gasteiger partial charge in [0, 0.05) is 62.0 Å². The van der Waals surface area contributed by atoms with Crippen LogP contribution in [0.4, 0.5) is 27.5 Å². The Labute approximate surface area is 192 Å². The monoisotopic (exact) mass is 455 g/mol. The van der Waals surface area contributed by atoms with Gasteiger partial charge >= 0.3 is 6.03 Å². The Balaban J connectivity index is 1.68. The molecule has 0 radical (unpaired) electrons. The van der Waals surface area contributed by atoms with E-state index < -0.39 is 11.0 Å². The molecule has 1 saturated heterocycles. The molecule has 2 aromatic carbocycles. The fourth-order valence-corrected chi connectivity index (χ4v) is 3.61. The molecule has 2 aromatic rings. The molecule has 0 saturated carbocycles. The second-order valence-electron chi connectivity index (χ2n) is 7.62. The van der Waals surface area contributed by atoms with Crippen LogP contribution in [0.2, 0.25) is 0 Å². The van der Waals surface area contributed by atoms with E-state index in [-0.39, 0.29) is 11.6 Å². The maximum absolute atomic E-state index is 12.9. The van der Waals surface area contributed by atoms with Crippen molar-refractivity contribution in [3.8, 4) is 0 Å². The highest BCUT2D eigenvalue weighted by atomic mass is 16.6. The third kappa shape index (κ3) is 6.91. The molecular formula is C23H29N5O5. The van der Waals surface area contributed by atoms with Gasteiger partial charge in [-0.2, -0.15) is 0 Å². The molecule has 3 N–H and O–H groups in total. The summed E-state index contributed by atoms with van der Waals surface area (Å²) in [4.78, 5) is 37.8. The van der Waals surface area contributed by atoms with Crippen LogP contribution in [0, 0.1) is 10.1 Å². The van der Waals surface area contributed by atoms with Crippen LogP contribution in [0.3, 0.4) is 0 Å². The molecular weight excluding hydrogens is 426 g/mol. The van der Waals surface area contributed by atoms with Crippen LogP contribution in [0.1, 0.15) is 36.5 Å².